The minimum atomic E-state index is -1.42. The lowest BCUT2D eigenvalue weighted by atomic mass is 9.90. The summed E-state index contributed by atoms with van der Waals surface area (Å²) in [6.45, 7) is 4.52. The number of nitrogens with zero attached hydrogens (tertiary/aromatic N) is 4. The molecule has 0 aromatic carbocycles. The van der Waals surface area contributed by atoms with Crippen molar-refractivity contribution in [3.8, 4) is 0 Å². The summed E-state index contributed by atoms with van der Waals surface area (Å²) in [5.74, 6) is -1.03. The lowest BCUT2D eigenvalue weighted by Crippen LogP contribution is -2.45. The molecular formula is C20H26BrN5O3. The summed E-state index contributed by atoms with van der Waals surface area (Å²) in [6.07, 6.45) is 9.69. The zero-order chi connectivity index (χ0) is 20.6. The van der Waals surface area contributed by atoms with Crippen molar-refractivity contribution in [2.75, 3.05) is 5.32 Å². The predicted molar refractivity (Wildman–Crippen MR) is 115 cm³/mol. The van der Waals surface area contributed by atoms with Gasteiger partial charge in [0.1, 0.15) is 0 Å². The van der Waals surface area contributed by atoms with Crippen LogP contribution >= 0.6 is 15.9 Å². The van der Waals surface area contributed by atoms with Gasteiger partial charge in [0.15, 0.2) is 5.65 Å². The second-order valence-corrected chi connectivity index (χ2v) is 9.21. The van der Waals surface area contributed by atoms with Crippen LogP contribution in [-0.4, -0.2) is 48.0 Å². The molecule has 2 aliphatic rings. The Morgan fingerprint density at radius 2 is 2.17 bits per heavy atom. The van der Waals surface area contributed by atoms with Gasteiger partial charge in [-0.25, -0.2) is 14.5 Å². The first-order valence-electron chi connectivity index (χ1n) is 10.2. The molecule has 29 heavy (non-hydrogen) atoms. The number of aromatic nitrogens is 3. The number of carboxylic acids is 1. The van der Waals surface area contributed by atoms with Crippen LogP contribution in [0.2, 0.25) is 0 Å². The minimum absolute atomic E-state index is 0.170. The summed E-state index contributed by atoms with van der Waals surface area (Å²) >= 11 is 3.39. The van der Waals surface area contributed by atoms with Gasteiger partial charge in [0.05, 0.1) is 27.8 Å². The molecule has 2 atom stereocenters. The molecule has 4 rings (SSSR count). The van der Waals surface area contributed by atoms with Gasteiger partial charge in [0, 0.05) is 30.8 Å². The van der Waals surface area contributed by atoms with Crippen molar-refractivity contribution in [2.45, 2.75) is 75.4 Å². The maximum absolute atomic E-state index is 11.9. The van der Waals surface area contributed by atoms with E-state index in [1.807, 2.05) is 17.8 Å². The topological polar surface area (TPSA) is 102 Å². The molecule has 156 valence electrons. The summed E-state index contributed by atoms with van der Waals surface area (Å²) in [4.78, 5) is 21.6. The van der Waals surface area contributed by atoms with Gasteiger partial charge in [-0.2, -0.15) is 5.10 Å². The van der Waals surface area contributed by atoms with Crippen LogP contribution < -0.4 is 5.32 Å². The quantitative estimate of drug-likeness (QED) is 0.629. The Balaban J connectivity index is 1.76. The first-order chi connectivity index (χ1) is 14.0. The fourth-order valence-corrected chi connectivity index (χ4v) is 4.62. The van der Waals surface area contributed by atoms with E-state index in [9.17, 15) is 9.90 Å². The zero-order valence-electron chi connectivity index (χ0n) is 16.7. The fraction of sp³-hybridized carbons (Fsp3) is 0.600. The molecule has 1 aliphatic carbocycles. The Labute approximate surface area is 177 Å². The first-order valence-corrected chi connectivity index (χ1v) is 11.1. The number of hydrogen-bond acceptors (Lipinski definition) is 6. The van der Waals surface area contributed by atoms with Gasteiger partial charge in [-0.15, -0.1) is 0 Å². The van der Waals surface area contributed by atoms with E-state index >= 15 is 0 Å². The van der Waals surface area contributed by atoms with Crippen molar-refractivity contribution in [1.29, 1.82) is 0 Å². The molecule has 2 aromatic rings. The van der Waals surface area contributed by atoms with Crippen LogP contribution in [0.15, 0.2) is 17.5 Å². The van der Waals surface area contributed by atoms with Crippen LogP contribution in [-0.2, 0) is 16.2 Å². The van der Waals surface area contributed by atoms with Crippen molar-refractivity contribution >= 4 is 44.3 Å². The Kier molecular flexibility index (Phi) is 5.50. The Hall–Kier alpha value is -2.16. The van der Waals surface area contributed by atoms with Crippen molar-refractivity contribution < 1.29 is 14.7 Å². The summed E-state index contributed by atoms with van der Waals surface area (Å²) in [5.41, 5.74) is 1.70. The molecule has 3 heterocycles. The Bertz CT molecular complexity index is 951. The van der Waals surface area contributed by atoms with Gasteiger partial charge in [0.2, 0.25) is 0 Å². The number of hydrogen-bond donors (Lipinski definition) is 2. The van der Waals surface area contributed by atoms with Crippen LogP contribution in [0.25, 0.3) is 11.0 Å². The van der Waals surface area contributed by atoms with Crippen LogP contribution in [0.1, 0.15) is 57.9 Å². The number of anilines is 1. The highest BCUT2D eigenvalue weighted by Gasteiger charge is 2.51. The molecule has 0 amide bonds. The van der Waals surface area contributed by atoms with Crippen molar-refractivity contribution in [3.63, 3.8) is 0 Å². The molecule has 1 aliphatic heterocycles. The molecule has 1 saturated carbocycles. The van der Waals surface area contributed by atoms with Crippen molar-refractivity contribution in [3.05, 3.63) is 18.0 Å². The highest BCUT2D eigenvalue weighted by Crippen LogP contribution is 2.37. The van der Waals surface area contributed by atoms with Crippen molar-refractivity contribution in [2.24, 2.45) is 5.16 Å². The van der Waals surface area contributed by atoms with E-state index in [0.29, 0.717) is 11.8 Å². The molecule has 0 radical (unpaired) electrons. The van der Waals surface area contributed by atoms with Gasteiger partial charge in [-0.3, -0.25) is 0 Å². The number of carbonyl (C=O) groups is 1. The average molecular weight is 464 g/mol. The molecular weight excluding hydrogens is 438 g/mol. The lowest BCUT2D eigenvalue weighted by molar-refractivity contribution is -0.161. The zero-order valence-corrected chi connectivity index (χ0v) is 18.3. The molecule has 0 bridgehead atoms. The van der Waals surface area contributed by atoms with E-state index in [1.54, 1.807) is 13.1 Å². The van der Waals surface area contributed by atoms with Crippen LogP contribution in [0.4, 0.5) is 5.69 Å². The van der Waals surface area contributed by atoms with Gasteiger partial charge in [-0.1, -0.05) is 40.3 Å². The maximum Gasteiger partial charge on any atom is 0.352 e. The highest BCUT2D eigenvalue weighted by atomic mass is 79.9. The summed E-state index contributed by atoms with van der Waals surface area (Å²) in [7, 11) is 0. The number of pyridine rings is 1. The molecule has 8 nitrogen and oxygen atoms in total. The van der Waals surface area contributed by atoms with Gasteiger partial charge >= 0.3 is 5.97 Å². The van der Waals surface area contributed by atoms with Gasteiger partial charge in [-0.05, 0) is 26.7 Å². The van der Waals surface area contributed by atoms with Gasteiger partial charge < -0.3 is 15.3 Å². The normalized spacial score (nSPS) is 23.6. The van der Waals surface area contributed by atoms with E-state index in [-0.39, 0.29) is 6.42 Å². The van der Waals surface area contributed by atoms with Crippen LogP contribution in [0.5, 0.6) is 0 Å². The molecule has 2 N–H and O–H groups in total. The molecule has 2 aromatic heterocycles. The largest absolute Gasteiger partial charge is 0.478 e. The maximum atomic E-state index is 11.9. The number of halogens is 1. The number of rotatable bonds is 6. The molecule has 2 unspecified atom stereocenters. The number of carboxylic acid groups (broad SMARTS) is 1. The SMILES string of the molecule is CCn1ncc2c(NC3CCCCC3)c(C3=NOC(C(=O)O)(C(C)Br)C3)cnc21. The first kappa shape index (κ1) is 20.1. The van der Waals surface area contributed by atoms with E-state index in [1.165, 1.54) is 19.3 Å². The summed E-state index contributed by atoms with van der Waals surface area (Å²) < 4.78 is 1.86. The van der Waals surface area contributed by atoms with Crippen LogP contribution in [0.3, 0.4) is 0 Å². The van der Waals surface area contributed by atoms with E-state index in [4.69, 9.17) is 4.84 Å². The third kappa shape index (κ3) is 3.49. The minimum Gasteiger partial charge on any atom is -0.478 e. The second-order valence-electron chi connectivity index (χ2n) is 7.84. The van der Waals surface area contributed by atoms with E-state index in [2.05, 4.69) is 36.5 Å². The van der Waals surface area contributed by atoms with Gasteiger partial charge in [0.25, 0.3) is 5.60 Å². The summed E-state index contributed by atoms with van der Waals surface area (Å²) in [6, 6.07) is 0.375. The van der Waals surface area contributed by atoms with E-state index < -0.39 is 16.4 Å². The molecule has 0 saturated heterocycles. The predicted octanol–water partition coefficient (Wildman–Crippen LogP) is 3.93. The van der Waals surface area contributed by atoms with Crippen LogP contribution in [0, 0.1) is 0 Å². The number of alkyl halides is 1. The molecule has 0 spiro atoms. The standard InChI is InChI=1S/C20H26BrN5O3/c1-3-26-18-15(11-23-26)17(24-13-7-5-4-6-8-13)14(10-22-18)16-9-20(12(2)21,19(27)28)29-25-16/h10-13H,3-9H2,1-2H3,(H,22,24)(H,27,28). The highest BCUT2D eigenvalue weighted by molar-refractivity contribution is 9.09. The fourth-order valence-electron chi connectivity index (χ4n) is 4.18. The van der Waals surface area contributed by atoms with Crippen molar-refractivity contribution in [1.82, 2.24) is 14.8 Å². The molecule has 9 heteroatoms. The lowest BCUT2D eigenvalue weighted by Gasteiger charge is -2.26. The monoisotopic (exact) mass is 463 g/mol. The molecule has 1 fully saturated rings. The number of aryl methyl sites for hydroxylation is 1. The number of oxime groups is 1. The smallest absolute Gasteiger partial charge is 0.352 e. The van der Waals surface area contributed by atoms with E-state index in [0.717, 1.165) is 41.7 Å². The summed E-state index contributed by atoms with van der Waals surface area (Å²) in [5, 5.41) is 23.0. The Morgan fingerprint density at radius 3 is 2.79 bits per heavy atom. The number of nitrogens with one attached hydrogen (secondary N) is 1. The Morgan fingerprint density at radius 1 is 1.41 bits per heavy atom. The number of aliphatic carboxylic acids is 1. The second kappa shape index (κ2) is 7.93. The third-order valence-corrected chi connectivity index (χ3v) is 6.72. The number of fused-ring (bicyclic) bond motifs is 1. The third-order valence-electron chi connectivity index (χ3n) is 5.98. The average Bonchev–Trinajstić information content (AvgIpc) is 3.34.